The minimum atomic E-state index is -0.0273. The fourth-order valence-corrected chi connectivity index (χ4v) is 1.29. The number of aliphatic hydroxyl groups excluding tert-OH is 1. The molecular weight excluding hydrogens is 190 g/mol. The third-order valence-electron chi connectivity index (χ3n) is 2.12. The highest BCUT2D eigenvalue weighted by Crippen LogP contribution is 2.14. The first-order valence-electron chi connectivity index (χ1n) is 5.22. The monoisotopic (exact) mass is 209 g/mol. The first-order valence-corrected chi connectivity index (χ1v) is 5.22. The summed E-state index contributed by atoms with van der Waals surface area (Å²) in [5, 5.41) is 12.2. The Bertz CT molecular complexity index is 279. The third kappa shape index (κ3) is 3.44. The maximum absolute atomic E-state index is 9.03. The van der Waals surface area contributed by atoms with Crippen molar-refractivity contribution in [2.24, 2.45) is 5.92 Å². The second-order valence-electron chi connectivity index (χ2n) is 3.92. The van der Waals surface area contributed by atoms with E-state index in [4.69, 9.17) is 9.84 Å². The van der Waals surface area contributed by atoms with Crippen LogP contribution in [0, 0.1) is 5.92 Å². The Morgan fingerprint density at radius 2 is 2.40 bits per heavy atom. The van der Waals surface area contributed by atoms with Gasteiger partial charge in [0, 0.05) is 0 Å². The fourth-order valence-electron chi connectivity index (χ4n) is 1.29. The lowest BCUT2D eigenvalue weighted by Crippen LogP contribution is -2.39. The zero-order chi connectivity index (χ0) is 11.3. The van der Waals surface area contributed by atoms with Crippen LogP contribution >= 0.6 is 0 Å². The van der Waals surface area contributed by atoms with Gasteiger partial charge in [0.1, 0.15) is 12.4 Å². The Balaban J connectivity index is 2.78. The van der Waals surface area contributed by atoms with Crippen molar-refractivity contribution >= 4 is 0 Å². The molecule has 1 atom stereocenters. The SMILES string of the molecule is C=CC1=C(/C=C\C(C)C)NC(CO)CO1. The zero-order valence-electron chi connectivity index (χ0n) is 9.36. The molecule has 1 unspecified atom stereocenters. The summed E-state index contributed by atoms with van der Waals surface area (Å²) in [7, 11) is 0. The molecule has 1 heterocycles. The van der Waals surface area contributed by atoms with E-state index in [1.165, 1.54) is 0 Å². The Kier molecular flexibility index (Phi) is 4.43. The van der Waals surface area contributed by atoms with Gasteiger partial charge in [-0.1, -0.05) is 26.5 Å². The van der Waals surface area contributed by atoms with Crippen LogP contribution in [0.15, 0.2) is 36.3 Å². The summed E-state index contributed by atoms with van der Waals surface area (Å²) in [5.74, 6) is 1.23. The largest absolute Gasteiger partial charge is 0.489 e. The summed E-state index contributed by atoms with van der Waals surface area (Å²) in [6.07, 6.45) is 5.74. The van der Waals surface area contributed by atoms with Crippen molar-refractivity contribution in [2.75, 3.05) is 13.2 Å². The molecule has 3 heteroatoms. The van der Waals surface area contributed by atoms with E-state index in [9.17, 15) is 0 Å². The lowest BCUT2D eigenvalue weighted by Gasteiger charge is -2.26. The van der Waals surface area contributed by atoms with Gasteiger partial charge in [0.05, 0.1) is 18.3 Å². The highest BCUT2D eigenvalue weighted by Gasteiger charge is 2.17. The van der Waals surface area contributed by atoms with Crippen molar-refractivity contribution in [3.63, 3.8) is 0 Å². The lowest BCUT2D eigenvalue weighted by molar-refractivity contribution is 0.128. The molecule has 0 aliphatic carbocycles. The fraction of sp³-hybridized carbons (Fsp3) is 0.500. The van der Waals surface area contributed by atoms with Crippen molar-refractivity contribution in [3.05, 3.63) is 36.3 Å². The molecule has 0 fully saturated rings. The Morgan fingerprint density at radius 1 is 1.67 bits per heavy atom. The van der Waals surface area contributed by atoms with Gasteiger partial charge >= 0.3 is 0 Å². The van der Waals surface area contributed by atoms with Crippen LogP contribution in [0.25, 0.3) is 0 Å². The molecule has 0 amide bonds. The van der Waals surface area contributed by atoms with Crippen molar-refractivity contribution in [1.29, 1.82) is 0 Å². The Labute approximate surface area is 91.1 Å². The van der Waals surface area contributed by atoms with Crippen LogP contribution in [-0.2, 0) is 4.74 Å². The van der Waals surface area contributed by atoms with Crippen molar-refractivity contribution in [3.8, 4) is 0 Å². The number of hydrogen-bond acceptors (Lipinski definition) is 3. The van der Waals surface area contributed by atoms with E-state index in [-0.39, 0.29) is 12.6 Å². The summed E-state index contributed by atoms with van der Waals surface area (Å²) in [6.45, 7) is 8.47. The number of nitrogens with one attached hydrogen (secondary N) is 1. The molecule has 0 saturated heterocycles. The van der Waals surface area contributed by atoms with Gasteiger partial charge in [-0.05, 0) is 18.1 Å². The highest BCUT2D eigenvalue weighted by atomic mass is 16.5. The van der Waals surface area contributed by atoms with Crippen molar-refractivity contribution in [1.82, 2.24) is 5.32 Å². The average molecular weight is 209 g/mol. The summed E-state index contributed by atoms with van der Waals surface area (Å²) >= 11 is 0. The molecule has 0 radical (unpaired) electrons. The van der Waals surface area contributed by atoms with Crippen LogP contribution in [0.3, 0.4) is 0 Å². The van der Waals surface area contributed by atoms with E-state index in [2.05, 4.69) is 31.8 Å². The van der Waals surface area contributed by atoms with E-state index in [0.717, 1.165) is 11.5 Å². The molecule has 0 bridgehead atoms. The molecule has 15 heavy (non-hydrogen) atoms. The van der Waals surface area contributed by atoms with Gasteiger partial charge in [-0.2, -0.15) is 0 Å². The minimum absolute atomic E-state index is 0.0273. The normalized spacial score (nSPS) is 21.7. The van der Waals surface area contributed by atoms with Crippen LogP contribution in [0.5, 0.6) is 0 Å². The van der Waals surface area contributed by atoms with Crippen LogP contribution in [0.2, 0.25) is 0 Å². The van der Waals surface area contributed by atoms with E-state index < -0.39 is 0 Å². The van der Waals surface area contributed by atoms with Gasteiger partial charge in [0.2, 0.25) is 0 Å². The zero-order valence-corrected chi connectivity index (χ0v) is 9.36. The number of rotatable bonds is 4. The van der Waals surface area contributed by atoms with Crippen LogP contribution in [0.1, 0.15) is 13.8 Å². The van der Waals surface area contributed by atoms with Gasteiger partial charge in [-0.15, -0.1) is 0 Å². The summed E-state index contributed by atoms with van der Waals surface area (Å²) in [6, 6.07) is -0.0273. The first kappa shape index (κ1) is 11.9. The molecule has 0 aromatic carbocycles. The first-order chi connectivity index (χ1) is 7.17. The molecule has 0 aromatic heterocycles. The smallest absolute Gasteiger partial charge is 0.141 e. The predicted octanol–water partition coefficient (Wildman–Crippen LogP) is 1.58. The summed E-state index contributed by atoms with van der Waals surface area (Å²) in [5.41, 5.74) is 0.893. The Hall–Kier alpha value is -1.22. The van der Waals surface area contributed by atoms with E-state index in [1.54, 1.807) is 6.08 Å². The van der Waals surface area contributed by atoms with Gasteiger partial charge < -0.3 is 15.2 Å². The van der Waals surface area contributed by atoms with E-state index in [1.807, 2.05) is 6.08 Å². The highest BCUT2D eigenvalue weighted by molar-refractivity contribution is 5.29. The topological polar surface area (TPSA) is 41.5 Å². The van der Waals surface area contributed by atoms with E-state index >= 15 is 0 Å². The number of allylic oxidation sites excluding steroid dienone is 3. The van der Waals surface area contributed by atoms with Gasteiger partial charge in [0.15, 0.2) is 0 Å². The van der Waals surface area contributed by atoms with Gasteiger partial charge in [0.25, 0.3) is 0 Å². The molecule has 0 spiro atoms. The summed E-state index contributed by atoms with van der Waals surface area (Å²) < 4.78 is 5.46. The molecule has 2 N–H and O–H groups in total. The summed E-state index contributed by atoms with van der Waals surface area (Å²) in [4.78, 5) is 0. The molecule has 1 aliphatic heterocycles. The second-order valence-corrected chi connectivity index (χ2v) is 3.92. The molecule has 0 saturated carbocycles. The average Bonchev–Trinajstić information content (AvgIpc) is 2.25. The predicted molar refractivity (Wildman–Crippen MR) is 61.2 cm³/mol. The maximum atomic E-state index is 9.03. The van der Waals surface area contributed by atoms with Crippen molar-refractivity contribution in [2.45, 2.75) is 19.9 Å². The molecule has 3 nitrogen and oxygen atoms in total. The molecule has 1 aliphatic rings. The Morgan fingerprint density at radius 3 is 2.93 bits per heavy atom. The van der Waals surface area contributed by atoms with Gasteiger partial charge in [-0.25, -0.2) is 0 Å². The standard InChI is InChI=1S/C12H19NO2/c1-4-12-11(6-5-9(2)3)13-10(7-14)8-15-12/h4-6,9-10,13-14H,1,7-8H2,2-3H3/b6-5-. The molecule has 1 rings (SSSR count). The lowest BCUT2D eigenvalue weighted by atomic mass is 10.1. The quantitative estimate of drug-likeness (QED) is 0.738. The number of aliphatic hydroxyl groups is 1. The molecule has 84 valence electrons. The van der Waals surface area contributed by atoms with Crippen LogP contribution in [0.4, 0.5) is 0 Å². The number of ether oxygens (including phenoxy) is 1. The van der Waals surface area contributed by atoms with Crippen molar-refractivity contribution < 1.29 is 9.84 Å². The maximum Gasteiger partial charge on any atom is 0.141 e. The van der Waals surface area contributed by atoms with Gasteiger partial charge in [-0.3, -0.25) is 0 Å². The number of hydrogen-bond donors (Lipinski definition) is 2. The molecular formula is C12H19NO2. The van der Waals surface area contributed by atoms with Crippen LogP contribution < -0.4 is 5.32 Å². The van der Waals surface area contributed by atoms with Crippen LogP contribution in [-0.4, -0.2) is 24.4 Å². The van der Waals surface area contributed by atoms with E-state index in [0.29, 0.717) is 12.5 Å². The molecule has 0 aromatic rings. The minimum Gasteiger partial charge on any atom is -0.489 e. The third-order valence-corrected chi connectivity index (χ3v) is 2.12. The second kappa shape index (κ2) is 5.61.